The number of nitrogens with one attached hydrogen (secondary N) is 1. The zero-order valence-electron chi connectivity index (χ0n) is 12.0. The van der Waals surface area contributed by atoms with Gasteiger partial charge in [-0.25, -0.2) is 0 Å². The van der Waals surface area contributed by atoms with Gasteiger partial charge < -0.3 is 15.0 Å². The molecule has 1 aliphatic rings. The smallest absolute Gasteiger partial charge is 0.275 e. The van der Waals surface area contributed by atoms with E-state index < -0.39 is 0 Å². The van der Waals surface area contributed by atoms with Crippen molar-refractivity contribution in [2.75, 3.05) is 32.1 Å². The van der Waals surface area contributed by atoms with Crippen LogP contribution in [0.25, 0.3) is 0 Å². The third-order valence-corrected chi connectivity index (χ3v) is 3.50. The quantitative estimate of drug-likeness (QED) is 0.662. The molecule has 6 heteroatoms. The predicted octanol–water partition coefficient (Wildman–Crippen LogP) is 2.50. The molecule has 0 saturated carbocycles. The van der Waals surface area contributed by atoms with Crippen molar-refractivity contribution in [2.45, 2.75) is 25.8 Å². The Labute approximate surface area is 118 Å². The monoisotopic (exact) mass is 279 g/mol. The molecule has 6 nitrogen and oxygen atoms in total. The average molecular weight is 279 g/mol. The number of hydrogen-bond donors (Lipinski definition) is 1. The molecule has 20 heavy (non-hydrogen) atoms. The second-order valence-corrected chi connectivity index (χ2v) is 5.13. The van der Waals surface area contributed by atoms with Crippen LogP contribution in [0.4, 0.5) is 11.4 Å². The van der Waals surface area contributed by atoms with Crippen LogP contribution in [-0.2, 0) is 0 Å². The van der Waals surface area contributed by atoms with E-state index in [-0.39, 0.29) is 10.6 Å². The molecule has 0 amide bonds. The number of rotatable bonds is 5. The Morgan fingerprint density at radius 2 is 2.10 bits per heavy atom. The highest BCUT2D eigenvalue weighted by Crippen LogP contribution is 2.27. The maximum absolute atomic E-state index is 11.0. The number of nitro benzene ring substituents is 1. The largest absolute Gasteiger partial charge is 0.494 e. The van der Waals surface area contributed by atoms with Crippen LogP contribution < -0.4 is 10.1 Å². The van der Waals surface area contributed by atoms with Gasteiger partial charge in [0.1, 0.15) is 5.75 Å². The third-order valence-electron chi connectivity index (χ3n) is 3.50. The maximum Gasteiger partial charge on any atom is 0.275 e. The summed E-state index contributed by atoms with van der Waals surface area (Å²) < 4.78 is 5.39. The number of anilines is 1. The van der Waals surface area contributed by atoms with E-state index in [9.17, 15) is 10.1 Å². The number of benzene rings is 1. The second-order valence-electron chi connectivity index (χ2n) is 5.13. The van der Waals surface area contributed by atoms with Gasteiger partial charge >= 0.3 is 0 Å². The molecule has 0 bridgehead atoms. The molecule has 2 rings (SSSR count). The number of likely N-dealkylation sites (tertiary alicyclic amines) is 1. The Kier molecular flexibility index (Phi) is 4.79. The van der Waals surface area contributed by atoms with E-state index in [0.29, 0.717) is 18.4 Å². The predicted molar refractivity (Wildman–Crippen MR) is 78.4 cm³/mol. The highest BCUT2D eigenvalue weighted by Gasteiger charge is 2.18. The molecule has 0 unspecified atom stereocenters. The van der Waals surface area contributed by atoms with Crippen molar-refractivity contribution < 1.29 is 9.66 Å². The maximum atomic E-state index is 11.0. The lowest BCUT2D eigenvalue weighted by molar-refractivity contribution is -0.384. The molecule has 0 aromatic heterocycles. The van der Waals surface area contributed by atoms with Crippen LogP contribution in [0.3, 0.4) is 0 Å². The Balaban J connectivity index is 2.11. The van der Waals surface area contributed by atoms with Gasteiger partial charge in [-0.15, -0.1) is 0 Å². The molecule has 1 saturated heterocycles. The molecule has 1 fully saturated rings. The number of hydrogen-bond acceptors (Lipinski definition) is 5. The summed E-state index contributed by atoms with van der Waals surface area (Å²) in [5, 5.41) is 14.3. The van der Waals surface area contributed by atoms with Crippen molar-refractivity contribution in [3.8, 4) is 5.75 Å². The first-order valence-corrected chi connectivity index (χ1v) is 6.96. The molecule has 1 aromatic carbocycles. The Morgan fingerprint density at radius 1 is 1.40 bits per heavy atom. The Bertz CT molecular complexity index is 471. The van der Waals surface area contributed by atoms with Crippen molar-refractivity contribution in [3.05, 3.63) is 28.3 Å². The van der Waals surface area contributed by atoms with Crippen molar-refractivity contribution in [1.82, 2.24) is 4.90 Å². The SMILES string of the molecule is CCOc1cc(NC2CCN(C)CC2)cc([N+](=O)[O-])c1. The van der Waals surface area contributed by atoms with E-state index in [1.165, 1.54) is 6.07 Å². The fourth-order valence-corrected chi connectivity index (χ4v) is 2.41. The molecular formula is C14H21N3O3. The van der Waals surface area contributed by atoms with Gasteiger partial charge in [-0.3, -0.25) is 10.1 Å². The molecule has 1 aromatic rings. The summed E-state index contributed by atoms with van der Waals surface area (Å²) >= 11 is 0. The van der Waals surface area contributed by atoms with Crippen LogP contribution in [0.1, 0.15) is 19.8 Å². The number of piperidine rings is 1. The Hall–Kier alpha value is -1.82. The van der Waals surface area contributed by atoms with Crippen LogP contribution in [0, 0.1) is 10.1 Å². The summed E-state index contributed by atoms with van der Waals surface area (Å²) in [7, 11) is 2.11. The second kappa shape index (κ2) is 6.56. The summed E-state index contributed by atoms with van der Waals surface area (Å²) in [6.45, 7) is 4.45. The van der Waals surface area contributed by atoms with Crippen LogP contribution in [0.2, 0.25) is 0 Å². The average Bonchev–Trinajstić information content (AvgIpc) is 2.41. The molecule has 1 N–H and O–H groups in total. The van der Waals surface area contributed by atoms with E-state index in [4.69, 9.17) is 4.74 Å². The first kappa shape index (κ1) is 14.6. The number of nitrogens with zero attached hydrogens (tertiary/aromatic N) is 2. The van der Waals surface area contributed by atoms with Crippen molar-refractivity contribution in [1.29, 1.82) is 0 Å². The van der Waals surface area contributed by atoms with Gasteiger partial charge in [0.05, 0.1) is 17.6 Å². The summed E-state index contributed by atoms with van der Waals surface area (Å²) in [4.78, 5) is 12.9. The fourth-order valence-electron chi connectivity index (χ4n) is 2.41. The van der Waals surface area contributed by atoms with Gasteiger partial charge in [0.25, 0.3) is 5.69 Å². The third kappa shape index (κ3) is 3.84. The minimum Gasteiger partial charge on any atom is -0.494 e. The van der Waals surface area contributed by atoms with Gasteiger partial charge in [-0.1, -0.05) is 0 Å². The zero-order valence-corrected chi connectivity index (χ0v) is 12.0. The fraction of sp³-hybridized carbons (Fsp3) is 0.571. The Morgan fingerprint density at radius 3 is 2.70 bits per heavy atom. The van der Waals surface area contributed by atoms with E-state index in [0.717, 1.165) is 31.6 Å². The molecule has 1 aliphatic heterocycles. The normalized spacial score (nSPS) is 16.9. The minimum absolute atomic E-state index is 0.0615. The lowest BCUT2D eigenvalue weighted by Gasteiger charge is -2.30. The van der Waals surface area contributed by atoms with E-state index in [2.05, 4.69) is 17.3 Å². The van der Waals surface area contributed by atoms with E-state index >= 15 is 0 Å². The highest BCUT2D eigenvalue weighted by molar-refractivity contribution is 5.56. The first-order valence-electron chi connectivity index (χ1n) is 6.96. The molecule has 1 heterocycles. The van der Waals surface area contributed by atoms with Gasteiger partial charge in [-0.2, -0.15) is 0 Å². The highest BCUT2D eigenvalue weighted by atomic mass is 16.6. The topological polar surface area (TPSA) is 67.6 Å². The van der Waals surface area contributed by atoms with Gasteiger partial charge in [0.2, 0.25) is 0 Å². The molecule has 0 spiro atoms. The lowest BCUT2D eigenvalue weighted by atomic mass is 10.1. The standard InChI is InChI=1S/C14H21N3O3/c1-3-20-14-9-12(8-13(10-14)17(18)19)15-11-4-6-16(2)7-5-11/h8-11,15H,3-7H2,1-2H3. The van der Waals surface area contributed by atoms with E-state index in [1.54, 1.807) is 6.07 Å². The van der Waals surface area contributed by atoms with Gasteiger partial charge in [-0.05, 0) is 39.9 Å². The van der Waals surface area contributed by atoms with Crippen molar-refractivity contribution >= 4 is 11.4 Å². The number of non-ortho nitro benzene ring substituents is 1. The minimum atomic E-state index is -0.387. The van der Waals surface area contributed by atoms with Crippen molar-refractivity contribution in [3.63, 3.8) is 0 Å². The number of ether oxygens (including phenoxy) is 1. The van der Waals surface area contributed by atoms with Crippen LogP contribution in [0.15, 0.2) is 18.2 Å². The summed E-state index contributed by atoms with van der Waals surface area (Å²) in [5.74, 6) is 0.539. The summed E-state index contributed by atoms with van der Waals surface area (Å²) in [6, 6.07) is 5.22. The van der Waals surface area contributed by atoms with Crippen molar-refractivity contribution in [2.24, 2.45) is 0 Å². The molecular weight excluding hydrogens is 258 g/mol. The van der Waals surface area contributed by atoms with Crippen LogP contribution in [0.5, 0.6) is 5.75 Å². The van der Waals surface area contributed by atoms with Gasteiger partial charge in [0.15, 0.2) is 0 Å². The lowest BCUT2D eigenvalue weighted by Crippen LogP contribution is -2.36. The first-order chi connectivity index (χ1) is 9.58. The number of nitro groups is 1. The van der Waals surface area contributed by atoms with Crippen LogP contribution in [-0.4, -0.2) is 42.6 Å². The zero-order chi connectivity index (χ0) is 14.5. The molecule has 0 aliphatic carbocycles. The molecule has 0 atom stereocenters. The molecule has 0 radical (unpaired) electrons. The summed E-state index contributed by atoms with van der Waals surface area (Å²) in [6.07, 6.45) is 2.09. The summed E-state index contributed by atoms with van der Waals surface area (Å²) in [5.41, 5.74) is 0.823. The van der Waals surface area contributed by atoms with Crippen LogP contribution >= 0.6 is 0 Å². The van der Waals surface area contributed by atoms with Gasteiger partial charge in [0, 0.05) is 23.9 Å². The molecule has 110 valence electrons. The van der Waals surface area contributed by atoms with E-state index in [1.807, 2.05) is 13.0 Å².